The Kier molecular flexibility index (Phi) is 67.6. The number of rotatable bonds is 66. The lowest BCUT2D eigenvalue weighted by Crippen LogP contribution is -2.30. The van der Waals surface area contributed by atoms with Gasteiger partial charge in [-0.25, -0.2) is 0 Å². The van der Waals surface area contributed by atoms with E-state index in [9.17, 15) is 14.4 Å². The SMILES string of the molecule is CC/C=C\C/C=C\C/C=C\C/C=C\C/C=C\C/C=C\CCC(=O)OC(COC(=O)CCCCCCCCCCCCCC)COC(=O)CCCCCCCCCCCCCCCCCCCCCCCCCCCCCCCCCCC. The first kappa shape index (κ1) is 78.8. The smallest absolute Gasteiger partial charge is 0.306 e. The van der Waals surface area contributed by atoms with Gasteiger partial charge in [0.15, 0.2) is 6.10 Å². The van der Waals surface area contributed by atoms with Gasteiger partial charge >= 0.3 is 17.9 Å². The molecule has 0 rings (SSSR count). The lowest BCUT2D eigenvalue weighted by molar-refractivity contribution is -0.166. The van der Waals surface area contributed by atoms with Crippen molar-refractivity contribution in [2.45, 2.75) is 380 Å². The van der Waals surface area contributed by atoms with E-state index in [1.54, 1.807) is 0 Å². The summed E-state index contributed by atoms with van der Waals surface area (Å²) >= 11 is 0. The van der Waals surface area contributed by atoms with Gasteiger partial charge in [-0.2, -0.15) is 0 Å². The molecule has 0 saturated heterocycles. The zero-order valence-electron chi connectivity index (χ0n) is 54.8. The van der Waals surface area contributed by atoms with E-state index in [1.165, 1.54) is 250 Å². The maximum absolute atomic E-state index is 12.9. The number of hydrogen-bond donors (Lipinski definition) is 0. The fourth-order valence-corrected chi connectivity index (χ4v) is 10.7. The molecule has 0 radical (unpaired) electrons. The van der Waals surface area contributed by atoms with Gasteiger partial charge in [0.05, 0.1) is 0 Å². The van der Waals surface area contributed by atoms with Crippen LogP contribution in [0.2, 0.25) is 0 Å². The second-order valence-electron chi connectivity index (χ2n) is 24.1. The second-order valence-corrected chi connectivity index (χ2v) is 24.1. The quantitative estimate of drug-likeness (QED) is 0.0261. The Balaban J connectivity index is 4.17. The van der Waals surface area contributed by atoms with Crippen LogP contribution in [0.5, 0.6) is 0 Å². The first-order chi connectivity index (χ1) is 40.5. The van der Waals surface area contributed by atoms with E-state index in [1.807, 2.05) is 6.08 Å². The summed E-state index contributed by atoms with van der Waals surface area (Å²) in [6, 6.07) is 0. The van der Waals surface area contributed by atoms with E-state index in [2.05, 4.69) is 87.6 Å². The van der Waals surface area contributed by atoms with Crippen molar-refractivity contribution in [3.63, 3.8) is 0 Å². The standard InChI is InChI=1S/C76H136O6/c1-4-7-10-13-16-19-22-25-27-29-31-32-33-34-35-36-37-38-39-40-41-42-43-44-46-47-49-51-54-57-60-63-66-69-75(78)81-72-73(71-80-74(77)68-65-62-59-56-53-24-21-18-15-12-9-6-3)82-76(79)70-67-64-61-58-55-52-50-48-45-30-28-26-23-20-17-14-11-8-5-2/h8,11,17,20,26,28,45,48,52,55,61,64,73H,4-7,9-10,12-16,18-19,21-25,27,29-44,46-47,49-51,53-54,56-60,62-63,65-72H2,1-3H3/b11-8-,20-17-,28-26-,48-45-,55-52-,64-61-. The van der Waals surface area contributed by atoms with Crippen molar-refractivity contribution in [1.29, 1.82) is 0 Å². The third-order valence-corrected chi connectivity index (χ3v) is 16.0. The molecule has 0 fully saturated rings. The fraction of sp³-hybridized carbons (Fsp3) is 0.803. The number of allylic oxidation sites excluding steroid dienone is 12. The Labute approximate surface area is 510 Å². The summed E-state index contributed by atoms with van der Waals surface area (Å²) in [6.45, 7) is 6.51. The molecule has 0 spiro atoms. The van der Waals surface area contributed by atoms with Crippen molar-refractivity contribution in [1.82, 2.24) is 0 Å². The topological polar surface area (TPSA) is 78.9 Å². The highest BCUT2D eigenvalue weighted by molar-refractivity contribution is 5.71. The largest absolute Gasteiger partial charge is 0.462 e. The van der Waals surface area contributed by atoms with Crippen molar-refractivity contribution < 1.29 is 28.6 Å². The average molecular weight is 1150 g/mol. The highest BCUT2D eigenvalue weighted by Gasteiger charge is 2.19. The van der Waals surface area contributed by atoms with Crippen LogP contribution in [0.15, 0.2) is 72.9 Å². The Bertz CT molecular complexity index is 1500. The number of unbranched alkanes of at least 4 members (excludes halogenated alkanes) is 43. The first-order valence-corrected chi connectivity index (χ1v) is 35.9. The van der Waals surface area contributed by atoms with Gasteiger partial charge in [0.2, 0.25) is 0 Å². The van der Waals surface area contributed by atoms with Crippen LogP contribution in [-0.4, -0.2) is 37.2 Å². The van der Waals surface area contributed by atoms with Gasteiger partial charge in [0.1, 0.15) is 13.2 Å². The molecule has 0 aliphatic rings. The van der Waals surface area contributed by atoms with Crippen molar-refractivity contribution >= 4 is 17.9 Å². The number of carbonyl (C=O) groups excluding carboxylic acids is 3. The van der Waals surface area contributed by atoms with Crippen molar-refractivity contribution in [2.75, 3.05) is 13.2 Å². The summed E-state index contributed by atoms with van der Waals surface area (Å²) in [7, 11) is 0. The van der Waals surface area contributed by atoms with Crippen LogP contribution < -0.4 is 0 Å². The number of hydrogen-bond acceptors (Lipinski definition) is 6. The number of esters is 3. The van der Waals surface area contributed by atoms with Crippen LogP contribution >= 0.6 is 0 Å². The molecule has 0 aromatic rings. The third kappa shape index (κ3) is 67.6. The molecule has 6 heteroatoms. The van der Waals surface area contributed by atoms with Gasteiger partial charge in [0, 0.05) is 19.3 Å². The van der Waals surface area contributed by atoms with Crippen LogP contribution in [0, 0.1) is 0 Å². The molecule has 0 aromatic carbocycles. The minimum Gasteiger partial charge on any atom is -0.462 e. The van der Waals surface area contributed by atoms with E-state index in [4.69, 9.17) is 14.2 Å². The molecule has 0 aliphatic carbocycles. The van der Waals surface area contributed by atoms with E-state index in [0.717, 1.165) is 77.0 Å². The Morgan fingerprint density at radius 3 is 0.720 bits per heavy atom. The van der Waals surface area contributed by atoms with Crippen molar-refractivity contribution in [2.24, 2.45) is 0 Å². The van der Waals surface area contributed by atoms with Gasteiger partial charge in [-0.3, -0.25) is 14.4 Å². The molecule has 0 N–H and O–H groups in total. The molecule has 6 nitrogen and oxygen atoms in total. The molecule has 476 valence electrons. The van der Waals surface area contributed by atoms with Crippen LogP contribution in [0.4, 0.5) is 0 Å². The molecule has 0 aliphatic heterocycles. The highest BCUT2D eigenvalue weighted by Crippen LogP contribution is 2.19. The number of carbonyl (C=O) groups is 3. The maximum atomic E-state index is 12.9. The van der Waals surface area contributed by atoms with E-state index >= 15 is 0 Å². The van der Waals surface area contributed by atoms with Crippen LogP contribution in [0.25, 0.3) is 0 Å². The highest BCUT2D eigenvalue weighted by atomic mass is 16.6. The molecule has 0 heterocycles. The number of ether oxygens (including phenoxy) is 3. The Hall–Kier alpha value is -3.15. The van der Waals surface area contributed by atoms with Gasteiger partial charge < -0.3 is 14.2 Å². The Morgan fingerprint density at radius 2 is 0.476 bits per heavy atom. The van der Waals surface area contributed by atoms with E-state index < -0.39 is 6.10 Å². The average Bonchev–Trinajstić information content (AvgIpc) is 3.47. The molecule has 82 heavy (non-hydrogen) atoms. The fourth-order valence-electron chi connectivity index (χ4n) is 10.7. The minimum atomic E-state index is -0.814. The Morgan fingerprint density at radius 1 is 0.256 bits per heavy atom. The van der Waals surface area contributed by atoms with Crippen LogP contribution in [0.1, 0.15) is 374 Å². The third-order valence-electron chi connectivity index (χ3n) is 16.0. The summed E-state index contributed by atoms with van der Waals surface area (Å²) in [4.78, 5) is 38.3. The maximum Gasteiger partial charge on any atom is 0.306 e. The lowest BCUT2D eigenvalue weighted by Gasteiger charge is -2.18. The van der Waals surface area contributed by atoms with Gasteiger partial charge in [-0.05, 0) is 57.8 Å². The molecule has 0 aromatic heterocycles. The molecular formula is C76H136O6. The molecular weight excluding hydrogens is 1010 g/mol. The second kappa shape index (κ2) is 70.3. The summed E-state index contributed by atoms with van der Waals surface area (Å²) in [6.07, 6.45) is 92.6. The van der Waals surface area contributed by atoms with E-state index in [0.29, 0.717) is 19.3 Å². The summed E-state index contributed by atoms with van der Waals surface area (Å²) < 4.78 is 16.9. The molecule has 0 bridgehead atoms. The van der Waals surface area contributed by atoms with Gasteiger partial charge in [-0.1, -0.05) is 370 Å². The van der Waals surface area contributed by atoms with Crippen LogP contribution in [-0.2, 0) is 28.6 Å². The van der Waals surface area contributed by atoms with Gasteiger partial charge in [-0.15, -0.1) is 0 Å². The predicted octanol–water partition coefficient (Wildman–Crippen LogP) is 24.8. The van der Waals surface area contributed by atoms with Crippen LogP contribution in [0.3, 0.4) is 0 Å². The van der Waals surface area contributed by atoms with Crippen molar-refractivity contribution in [3.8, 4) is 0 Å². The van der Waals surface area contributed by atoms with Crippen molar-refractivity contribution in [3.05, 3.63) is 72.9 Å². The van der Waals surface area contributed by atoms with Gasteiger partial charge in [0.25, 0.3) is 0 Å². The molecule has 1 atom stereocenters. The molecule has 0 saturated carbocycles. The summed E-state index contributed by atoms with van der Waals surface area (Å²) in [5.41, 5.74) is 0. The summed E-state index contributed by atoms with van der Waals surface area (Å²) in [5.74, 6) is -0.967. The molecule has 1 unspecified atom stereocenters. The van der Waals surface area contributed by atoms with E-state index in [-0.39, 0.29) is 37.5 Å². The normalized spacial score (nSPS) is 12.5. The monoisotopic (exact) mass is 1150 g/mol. The minimum absolute atomic E-state index is 0.101. The first-order valence-electron chi connectivity index (χ1n) is 35.9. The predicted molar refractivity (Wildman–Crippen MR) is 358 cm³/mol. The zero-order valence-corrected chi connectivity index (χ0v) is 54.8. The summed E-state index contributed by atoms with van der Waals surface area (Å²) in [5, 5.41) is 0. The zero-order chi connectivity index (χ0) is 59.2. The molecule has 0 amide bonds. The lowest BCUT2D eigenvalue weighted by atomic mass is 10.0.